The molecule has 3 nitrogen and oxygen atoms in total. The molecular formula is C18H18N2O. The Kier molecular flexibility index (Phi) is 4.01. The lowest BCUT2D eigenvalue weighted by molar-refractivity contribution is 0.572. The highest BCUT2D eigenvalue weighted by Gasteiger charge is 2.02. The molecule has 1 N–H and O–H groups in total. The van der Waals surface area contributed by atoms with Crippen LogP contribution in [0.15, 0.2) is 65.5 Å². The van der Waals surface area contributed by atoms with E-state index in [9.17, 15) is 0 Å². The van der Waals surface area contributed by atoms with E-state index in [0.29, 0.717) is 0 Å². The number of benzene rings is 2. The van der Waals surface area contributed by atoms with Crippen LogP contribution in [-0.4, -0.2) is 4.98 Å². The minimum Gasteiger partial charge on any atom is -0.444 e. The highest BCUT2D eigenvalue weighted by Crippen LogP contribution is 2.22. The van der Waals surface area contributed by atoms with E-state index in [0.717, 1.165) is 30.0 Å². The maximum Gasteiger partial charge on any atom is 0.181 e. The van der Waals surface area contributed by atoms with Crippen molar-refractivity contribution in [1.82, 2.24) is 4.98 Å². The molecule has 1 aromatic heterocycles. The SMILES string of the molecule is CCc1ccc(CNc2cccc(-c3cnco3)c2)cc1. The Balaban J connectivity index is 1.68. The van der Waals surface area contributed by atoms with Gasteiger partial charge in [0, 0.05) is 17.8 Å². The van der Waals surface area contributed by atoms with Gasteiger partial charge in [0.15, 0.2) is 12.2 Å². The third-order valence-corrected chi connectivity index (χ3v) is 3.51. The third-order valence-electron chi connectivity index (χ3n) is 3.51. The first kappa shape index (κ1) is 13.4. The number of anilines is 1. The first-order chi connectivity index (χ1) is 10.3. The summed E-state index contributed by atoms with van der Waals surface area (Å²) in [6.07, 6.45) is 4.25. The number of nitrogens with zero attached hydrogens (tertiary/aromatic N) is 1. The van der Waals surface area contributed by atoms with Gasteiger partial charge in [-0.1, -0.05) is 43.3 Å². The summed E-state index contributed by atoms with van der Waals surface area (Å²) in [5.41, 5.74) is 4.74. The van der Waals surface area contributed by atoms with Gasteiger partial charge in [-0.2, -0.15) is 0 Å². The Morgan fingerprint density at radius 2 is 1.86 bits per heavy atom. The van der Waals surface area contributed by atoms with Crippen LogP contribution < -0.4 is 5.32 Å². The fourth-order valence-electron chi connectivity index (χ4n) is 2.24. The number of aryl methyl sites for hydroxylation is 1. The van der Waals surface area contributed by atoms with Crippen molar-refractivity contribution >= 4 is 5.69 Å². The summed E-state index contributed by atoms with van der Waals surface area (Å²) < 4.78 is 5.32. The predicted molar refractivity (Wildman–Crippen MR) is 85.1 cm³/mol. The molecule has 0 saturated heterocycles. The first-order valence-corrected chi connectivity index (χ1v) is 7.16. The molecule has 0 aliphatic heterocycles. The van der Waals surface area contributed by atoms with Crippen LogP contribution in [0, 0.1) is 0 Å². The van der Waals surface area contributed by atoms with Crippen molar-refractivity contribution in [2.45, 2.75) is 19.9 Å². The molecule has 3 aromatic rings. The summed E-state index contributed by atoms with van der Waals surface area (Å²) in [6.45, 7) is 2.98. The number of hydrogen-bond acceptors (Lipinski definition) is 3. The average molecular weight is 278 g/mol. The molecule has 3 rings (SSSR count). The van der Waals surface area contributed by atoms with Crippen LogP contribution in [0.25, 0.3) is 11.3 Å². The quantitative estimate of drug-likeness (QED) is 0.746. The monoisotopic (exact) mass is 278 g/mol. The first-order valence-electron chi connectivity index (χ1n) is 7.16. The van der Waals surface area contributed by atoms with E-state index < -0.39 is 0 Å². The normalized spacial score (nSPS) is 10.5. The van der Waals surface area contributed by atoms with Crippen molar-refractivity contribution < 1.29 is 4.42 Å². The standard InChI is InChI=1S/C18H18N2O/c1-2-14-6-8-15(9-7-14)11-20-17-5-3-4-16(10-17)18-12-19-13-21-18/h3-10,12-13,20H,2,11H2,1H3. The Morgan fingerprint density at radius 1 is 1.05 bits per heavy atom. The van der Waals surface area contributed by atoms with Gasteiger partial charge in [-0.3, -0.25) is 0 Å². The van der Waals surface area contributed by atoms with Gasteiger partial charge < -0.3 is 9.73 Å². The lowest BCUT2D eigenvalue weighted by Crippen LogP contribution is -1.99. The lowest BCUT2D eigenvalue weighted by atomic mass is 10.1. The zero-order chi connectivity index (χ0) is 14.5. The van der Waals surface area contributed by atoms with Gasteiger partial charge >= 0.3 is 0 Å². The van der Waals surface area contributed by atoms with Crippen LogP contribution >= 0.6 is 0 Å². The van der Waals surface area contributed by atoms with Crippen molar-refractivity contribution in [3.63, 3.8) is 0 Å². The molecule has 0 fully saturated rings. The molecule has 1 heterocycles. The molecule has 0 bridgehead atoms. The maximum absolute atomic E-state index is 5.32. The second kappa shape index (κ2) is 6.27. The van der Waals surface area contributed by atoms with Crippen LogP contribution in [0.4, 0.5) is 5.69 Å². The minimum absolute atomic E-state index is 0.783. The van der Waals surface area contributed by atoms with Crippen molar-refractivity contribution in [3.05, 3.63) is 72.2 Å². The molecule has 0 unspecified atom stereocenters. The number of nitrogens with one attached hydrogen (secondary N) is 1. The van der Waals surface area contributed by atoms with Crippen molar-refractivity contribution in [2.75, 3.05) is 5.32 Å². The molecule has 0 saturated carbocycles. The van der Waals surface area contributed by atoms with E-state index in [2.05, 4.69) is 53.6 Å². The van der Waals surface area contributed by atoms with Gasteiger partial charge in [0.25, 0.3) is 0 Å². The molecule has 0 spiro atoms. The Bertz CT molecular complexity index is 688. The summed E-state index contributed by atoms with van der Waals surface area (Å²) in [5.74, 6) is 0.783. The van der Waals surface area contributed by atoms with E-state index in [4.69, 9.17) is 4.42 Å². The molecule has 3 heteroatoms. The number of rotatable bonds is 5. The summed E-state index contributed by atoms with van der Waals surface area (Å²) in [7, 11) is 0. The smallest absolute Gasteiger partial charge is 0.181 e. The summed E-state index contributed by atoms with van der Waals surface area (Å²) >= 11 is 0. The fourth-order valence-corrected chi connectivity index (χ4v) is 2.24. The number of aromatic nitrogens is 1. The van der Waals surface area contributed by atoms with E-state index in [1.165, 1.54) is 17.5 Å². The van der Waals surface area contributed by atoms with Gasteiger partial charge in [0.2, 0.25) is 0 Å². The Morgan fingerprint density at radius 3 is 2.57 bits per heavy atom. The van der Waals surface area contributed by atoms with E-state index in [1.807, 2.05) is 12.1 Å². The maximum atomic E-state index is 5.32. The van der Waals surface area contributed by atoms with E-state index in [-0.39, 0.29) is 0 Å². The topological polar surface area (TPSA) is 38.1 Å². The van der Waals surface area contributed by atoms with Crippen molar-refractivity contribution in [3.8, 4) is 11.3 Å². The van der Waals surface area contributed by atoms with Crippen LogP contribution in [0.2, 0.25) is 0 Å². The molecule has 0 aliphatic carbocycles. The summed E-state index contributed by atoms with van der Waals surface area (Å²) in [5, 5.41) is 3.44. The second-order valence-corrected chi connectivity index (χ2v) is 4.97. The van der Waals surface area contributed by atoms with Crippen LogP contribution in [0.5, 0.6) is 0 Å². The molecule has 106 valence electrons. The highest BCUT2D eigenvalue weighted by atomic mass is 16.3. The van der Waals surface area contributed by atoms with Crippen LogP contribution in [0.3, 0.4) is 0 Å². The number of oxazole rings is 1. The van der Waals surface area contributed by atoms with Crippen LogP contribution in [-0.2, 0) is 13.0 Å². The van der Waals surface area contributed by atoms with Gasteiger partial charge in [-0.15, -0.1) is 0 Å². The zero-order valence-corrected chi connectivity index (χ0v) is 12.0. The zero-order valence-electron chi connectivity index (χ0n) is 12.0. The summed E-state index contributed by atoms with van der Waals surface area (Å²) in [6, 6.07) is 16.9. The van der Waals surface area contributed by atoms with Crippen molar-refractivity contribution in [2.24, 2.45) is 0 Å². The Hall–Kier alpha value is -2.55. The third kappa shape index (κ3) is 3.31. The van der Waals surface area contributed by atoms with Gasteiger partial charge in [-0.05, 0) is 29.7 Å². The largest absolute Gasteiger partial charge is 0.444 e. The van der Waals surface area contributed by atoms with E-state index in [1.54, 1.807) is 6.20 Å². The highest BCUT2D eigenvalue weighted by molar-refractivity contribution is 5.63. The molecule has 0 atom stereocenters. The van der Waals surface area contributed by atoms with Gasteiger partial charge in [0.1, 0.15) is 0 Å². The number of hydrogen-bond donors (Lipinski definition) is 1. The molecule has 21 heavy (non-hydrogen) atoms. The molecular weight excluding hydrogens is 260 g/mol. The van der Waals surface area contributed by atoms with E-state index >= 15 is 0 Å². The summed E-state index contributed by atoms with van der Waals surface area (Å²) in [4.78, 5) is 3.95. The molecule has 0 amide bonds. The lowest BCUT2D eigenvalue weighted by Gasteiger charge is -2.08. The minimum atomic E-state index is 0.783. The van der Waals surface area contributed by atoms with Gasteiger partial charge in [-0.25, -0.2) is 4.98 Å². The van der Waals surface area contributed by atoms with Crippen LogP contribution in [0.1, 0.15) is 18.1 Å². The molecule has 0 radical (unpaired) electrons. The average Bonchev–Trinajstić information content (AvgIpc) is 3.08. The predicted octanol–water partition coefficient (Wildman–Crippen LogP) is 4.52. The fraction of sp³-hybridized carbons (Fsp3) is 0.167. The Labute approximate surface area is 124 Å². The molecule has 0 aliphatic rings. The molecule has 2 aromatic carbocycles. The van der Waals surface area contributed by atoms with Crippen molar-refractivity contribution in [1.29, 1.82) is 0 Å². The second-order valence-electron chi connectivity index (χ2n) is 4.97. The van der Waals surface area contributed by atoms with Gasteiger partial charge in [0.05, 0.1) is 6.20 Å².